The molecule has 0 saturated carbocycles. The van der Waals surface area contributed by atoms with Crippen molar-refractivity contribution in [1.82, 2.24) is 4.57 Å². The monoisotopic (exact) mass is 616 g/mol. The number of fused-ring (bicyclic) bond motifs is 2. The highest BCUT2D eigenvalue weighted by molar-refractivity contribution is 7.07. The third-order valence-electron chi connectivity index (χ3n) is 7.53. The summed E-state index contributed by atoms with van der Waals surface area (Å²) in [5.74, 6) is 0.898. The Labute approximate surface area is 264 Å². The largest absolute Gasteiger partial charge is 0.490 e. The van der Waals surface area contributed by atoms with Crippen LogP contribution in [-0.2, 0) is 16.1 Å². The topological polar surface area (TPSA) is 79.1 Å². The first kappa shape index (κ1) is 29.8. The number of allylic oxidation sites excluding steroid dienone is 1. The molecule has 0 aliphatic carbocycles. The van der Waals surface area contributed by atoms with Crippen LogP contribution in [0.1, 0.15) is 36.6 Å². The van der Waals surface area contributed by atoms with Crippen molar-refractivity contribution in [2.24, 2.45) is 4.99 Å². The molecule has 0 bridgehead atoms. The maximum Gasteiger partial charge on any atom is 0.338 e. The Hall–Kier alpha value is -5.21. The van der Waals surface area contributed by atoms with E-state index in [2.05, 4.69) is 35.8 Å². The Balaban J connectivity index is 1.31. The van der Waals surface area contributed by atoms with Gasteiger partial charge in [0.05, 0.1) is 28.5 Å². The molecule has 7 nitrogen and oxygen atoms in total. The van der Waals surface area contributed by atoms with Gasteiger partial charge in [-0.3, -0.25) is 9.36 Å². The predicted octanol–water partition coefficient (Wildman–Crippen LogP) is 6.10. The molecule has 1 atom stereocenters. The first-order valence-electron chi connectivity index (χ1n) is 14.7. The van der Waals surface area contributed by atoms with Crippen molar-refractivity contribution in [1.29, 1.82) is 0 Å². The van der Waals surface area contributed by atoms with Crippen molar-refractivity contribution in [2.75, 3.05) is 13.2 Å². The molecule has 0 amide bonds. The van der Waals surface area contributed by atoms with Gasteiger partial charge in [-0.05, 0) is 71.7 Å². The molecule has 0 spiro atoms. The number of hydrogen-bond acceptors (Lipinski definition) is 7. The second-order valence-electron chi connectivity index (χ2n) is 10.5. The average Bonchev–Trinajstić information content (AvgIpc) is 3.36. The molecule has 1 aliphatic heterocycles. The Morgan fingerprint density at radius 3 is 2.42 bits per heavy atom. The van der Waals surface area contributed by atoms with E-state index in [9.17, 15) is 9.59 Å². The van der Waals surface area contributed by atoms with Gasteiger partial charge in [-0.15, -0.1) is 0 Å². The summed E-state index contributed by atoms with van der Waals surface area (Å²) in [4.78, 5) is 32.3. The summed E-state index contributed by atoms with van der Waals surface area (Å²) in [5, 5.41) is 2.35. The number of esters is 1. The van der Waals surface area contributed by atoms with Crippen LogP contribution in [0.25, 0.3) is 16.8 Å². The minimum absolute atomic E-state index is 0.211. The highest BCUT2D eigenvalue weighted by Gasteiger charge is 2.33. The number of aromatic nitrogens is 1. The Morgan fingerprint density at radius 2 is 1.67 bits per heavy atom. The third-order valence-corrected chi connectivity index (χ3v) is 8.52. The summed E-state index contributed by atoms with van der Waals surface area (Å²) >= 11 is 1.29. The molecule has 0 radical (unpaired) electrons. The highest BCUT2D eigenvalue weighted by Crippen LogP contribution is 2.31. The van der Waals surface area contributed by atoms with E-state index < -0.39 is 12.0 Å². The quantitative estimate of drug-likeness (QED) is 0.140. The van der Waals surface area contributed by atoms with Crippen LogP contribution in [0.4, 0.5) is 0 Å². The molecule has 226 valence electrons. The molecule has 1 aliphatic rings. The lowest BCUT2D eigenvalue weighted by Crippen LogP contribution is -2.39. The summed E-state index contributed by atoms with van der Waals surface area (Å²) in [7, 11) is 0. The van der Waals surface area contributed by atoms with Gasteiger partial charge in [0.1, 0.15) is 24.7 Å². The van der Waals surface area contributed by atoms with Crippen LogP contribution in [-0.4, -0.2) is 23.8 Å². The van der Waals surface area contributed by atoms with Gasteiger partial charge in [-0.1, -0.05) is 90.7 Å². The zero-order valence-electron chi connectivity index (χ0n) is 25.1. The molecule has 5 aromatic rings. The molecule has 8 heteroatoms. The van der Waals surface area contributed by atoms with E-state index in [1.165, 1.54) is 22.1 Å². The molecular weight excluding hydrogens is 584 g/mol. The van der Waals surface area contributed by atoms with Crippen LogP contribution in [0.2, 0.25) is 0 Å². The average molecular weight is 617 g/mol. The fourth-order valence-corrected chi connectivity index (χ4v) is 6.45. The number of benzene rings is 4. The summed E-state index contributed by atoms with van der Waals surface area (Å²) in [6.45, 7) is 8.24. The number of ether oxygens (including phenoxy) is 3. The maximum absolute atomic E-state index is 13.9. The van der Waals surface area contributed by atoms with Gasteiger partial charge < -0.3 is 14.2 Å². The molecule has 45 heavy (non-hydrogen) atoms. The van der Waals surface area contributed by atoms with Gasteiger partial charge in [-0.25, -0.2) is 9.79 Å². The van der Waals surface area contributed by atoms with Gasteiger partial charge >= 0.3 is 5.97 Å². The summed E-state index contributed by atoms with van der Waals surface area (Å²) in [5.41, 5.74) is 3.33. The van der Waals surface area contributed by atoms with Gasteiger partial charge in [0.15, 0.2) is 4.80 Å². The first-order valence-corrected chi connectivity index (χ1v) is 15.5. The van der Waals surface area contributed by atoms with E-state index in [0.717, 1.165) is 22.4 Å². The molecule has 0 fully saturated rings. The van der Waals surface area contributed by atoms with Crippen molar-refractivity contribution >= 4 is 34.2 Å². The summed E-state index contributed by atoms with van der Waals surface area (Å²) < 4.78 is 19.2. The number of rotatable bonds is 10. The minimum atomic E-state index is -0.694. The van der Waals surface area contributed by atoms with E-state index in [1.54, 1.807) is 24.5 Å². The highest BCUT2D eigenvalue weighted by atomic mass is 32.1. The number of carbonyl (C=O) groups is 1. The Kier molecular flexibility index (Phi) is 8.75. The van der Waals surface area contributed by atoms with Crippen LogP contribution in [0.5, 0.6) is 11.5 Å². The number of nitrogens with zero attached hydrogens (tertiary/aromatic N) is 2. The summed E-state index contributed by atoms with van der Waals surface area (Å²) in [6.07, 6.45) is 3.51. The van der Waals surface area contributed by atoms with Crippen LogP contribution in [0.15, 0.2) is 125 Å². The van der Waals surface area contributed by atoms with E-state index in [4.69, 9.17) is 14.2 Å². The molecule has 0 N–H and O–H groups in total. The second kappa shape index (κ2) is 13.2. The van der Waals surface area contributed by atoms with E-state index in [1.807, 2.05) is 72.8 Å². The zero-order valence-corrected chi connectivity index (χ0v) is 25.9. The Morgan fingerprint density at radius 1 is 0.956 bits per heavy atom. The fraction of sp³-hybridized carbons (Fsp3) is 0.162. The lowest BCUT2D eigenvalue weighted by molar-refractivity contribution is -0.139. The van der Waals surface area contributed by atoms with E-state index in [0.29, 0.717) is 39.6 Å². The predicted molar refractivity (Wildman–Crippen MR) is 177 cm³/mol. The molecule has 4 aromatic carbocycles. The summed E-state index contributed by atoms with van der Waals surface area (Å²) in [6, 6.07) is 28.7. The normalized spacial score (nSPS) is 14.5. The number of carbonyl (C=O) groups excluding carboxylic acids is 1. The van der Waals surface area contributed by atoms with Crippen molar-refractivity contribution in [3.05, 3.63) is 151 Å². The van der Waals surface area contributed by atoms with Gasteiger partial charge in [0.2, 0.25) is 0 Å². The molecule has 2 heterocycles. The van der Waals surface area contributed by atoms with Gasteiger partial charge in [-0.2, -0.15) is 0 Å². The minimum Gasteiger partial charge on any atom is -0.490 e. The van der Waals surface area contributed by atoms with Crippen LogP contribution in [0.3, 0.4) is 0 Å². The van der Waals surface area contributed by atoms with Crippen molar-refractivity contribution in [2.45, 2.75) is 26.5 Å². The molecule has 0 saturated heterocycles. The van der Waals surface area contributed by atoms with Crippen molar-refractivity contribution in [3.63, 3.8) is 0 Å². The lowest BCUT2D eigenvalue weighted by Gasteiger charge is -2.24. The van der Waals surface area contributed by atoms with Crippen molar-refractivity contribution < 1.29 is 19.0 Å². The lowest BCUT2D eigenvalue weighted by atomic mass is 9.96. The van der Waals surface area contributed by atoms with E-state index in [-0.39, 0.29) is 12.2 Å². The second-order valence-corrected chi connectivity index (χ2v) is 11.5. The maximum atomic E-state index is 13.9. The fourth-order valence-electron chi connectivity index (χ4n) is 5.40. The zero-order chi connectivity index (χ0) is 31.3. The van der Waals surface area contributed by atoms with Crippen LogP contribution >= 0.6 is 11.3 Å². The number of hydrogen-bond donors (Lipinski definition) is 0. The third kappa shape index (κ3) is 6.23. The number of thiazole rings is 1. The molecule has 6 rings (SSSR count). The van der Waals surface area contributed by atoms with Gasteiger partial charge in [0, 0.05) is 0 Å². The van der Waals surface area contributed by atoms with E-state index >= 15 is 0 Å². The van der Waals surface area contributed by atoms with Gasteiger partial charge in [0.25, 0.3) is 5.56 Å². The molecule has 0 unspecified atom stereocenters. The Bertz CT molecular complexity index is 2080. The van der Waals surface area contributed by atoms with Crippen molar-refractivity contribution in [3.8, 4) is 11.5 Å². The smallest absolute Gasteiger partial charge is 0.338 e. The van der Waals surface area contributed by atoms with Crippen LogP contribution in [0, 0.1) is 0 Å². The van der Waals surface area contributed by atoms with Crippen LogP contribution < -0.4 is 24.4 Å². The molecule has 1 aromatic heterocycles. The molecular formula is C37H32N2O5S. The standard InChI is InChI=1S/C37H32N2O5S/c1-4-21-43-29-19-15-27(16-20-29)34-33(36(41)42-5-2)24(3)38-37-39(34)35(40)32(45-37)22-25-13-17-30(18-14-25)44-23-28-11-8-10-26-9-6-7-12-31(26)28/h4,6-20,22,34H,1,5,21,23H2,2-3H3/b32-22-/t34-/m0/s1. The SMILES string of the molecule is C=CCOc1ccc([C@H]2C(C(=O)OCC)=C(C)N=c3s/c(=C\c4ccc(OCc5cccc6ccccc56)cc4)c(=O)n32)cc1. The first-order chi connectivity index (χ1) is 22.0.